The zero-order chi connectivity index (χ0) is 20.9. The third kappa shape index (κ3) is 4.13. The average Bonchev–Trinajstić information content (AvgIpc) is 3.21. The van der Waals surface area contributed by atoms with Crippen LogP contribution in [0.2, 0.25) is 0 Å². The number of Topliss-reactive ketones (excluding diaryl/α,β-unsaturated/α-hetero) is 1. The van der Waals surface area contributed by atoms with E-state index >= 15 is 0 Å². The van der Waals surface area contributed by atoms with Crippen molar-refractivity contribution in [3.63, 3.8) is 0 Å². The molecule has 0 N–H and O–H groups in total. The van der Waals surface area contributed by atoms with E-state index in [1.165, 1.54) is 18.1 Å². The van der Waals surface area contributed by atoms with Gasteiger partial charge >= 0.3 is 0 Å². The van der Waals surface area contributed by atoms with Crippen LogP contribution >= 0.6 is 11.8 Å². The Bertz CT molecular complexity index is 1180. The molecule has 4 rings (SSSR count). The van der Waals surface area contributed by atoms with Gasteiger partial charge in [-0.15, -0.1) is 0 Å². The fourth-order valence-electron chi connectivity index (χ4n) is 3.10. The number of hydrogen-bond acceptors (Lipinski definition) is 7. The highest BCUT2D eigenvalue weighted by Gasteiger charge is 2.16. The summed E-state index contributed by atoms with van der Waals surface area (Å²) >= 11 is 1.35. The average molecular weight is 420 g/mol. The van der Waals surface area contributed by atoms with Crippen LogP contribution < -0.4 is 9.47 Å². The number of carbonyl (C=O) groups is 1. The normalized spacial score (nSPS) is 10.9. The molecule has 0 bridgehead atoms. The third-order valence-corrected chi connectivity index (χ3v) is 5.62. The van der Waals surface area contributed by atoms with Crippen LogP contribution in [0.1, 0.15) is 15.9 Å². The molecule has 0 atom stereocenters. The number of methoxy groups -OCH3 is 2. The maximum atomic E-state index is 12.8. The van der Waals surface area contributed by atoms with Crippen LogP contribution in [-0.4, -0.2) is 45.5 Å². The molecule has 2 aromatic carbocycles. The van der Waals surface area contributed by atoms with Crippen LogP contribution in [0.5, 0.6) is 11.5 Å². The molecule has 152 valence electrons. The van der Waals surface area contributed by atoms with Gasteiger partial charge < -0.3 is 9.47 Å². The lowest BCUT2D eigenvalue weighted by Gasteiger charge is -2.09. The predicted molar refractivity (Wildman–Crippen MR) is 115 cm³/mol. The molecular weight excluding hydrogens is 400 g/mol. The molecule has 0 unspecified atom stereocenters. The van der Waals surface area contributed by atoms with E-state index in [4.69, 9.17) is 9.47 Å². The summed E-state index contributed by atoms with van der Waals surface area (Å²) in [6.45, 7) is 0.616. The maximum Gasteiger partial charge on any atom is 0.176 e. The van der Waals surface area contributed by atoms with Crippen LogP contribution in [0.3, 0.4) is 0 Å². The van der Waals surface area contributed by atoms with E-state index in [0.29, 0.717) is 23.6 Å². The van der Waals surface area contributed by atoms with E-state index in [0.717, 1.165) is 21.6 Å². The molecule has 0 spiro atoms. The zero-order valence-electron chi connectivity index (χ0n) is 16.6. The van der Waals surface area contributed by atoms with Gasteiger partial charge in [0.2, 0.25) is 0 Å². The molecule has 2 aromatic heterocycles. The first-order valence-corrected chi connectivity index (χ1v) is 10.3. The lowest BCUT2D eigenvalue weighted by atomic mass is 10.1. The van der Waals surface area contributed by atoms with Gasteiger partial charge in [0.1, 0.15) is 22.9 Å². The number of fused-ring (bicyclic) bond motifs is 1. The lowest BCUT2D eigenvalue weighted by molar-refractivity contribution is 0.101. The fraction of sp³-hybridized carbons (Fsp3) is 0.182. The molecule has 4 aromatic rings. The SMILES string of the molecule is COc1ccc(OC)c(C(=O)CSc2ncnc3c2cnn3Cc2ccccc2)c1. The van der Waals surface area contributed by atoms with E-state index < -0.39 is 0 Å². The molecule has 0 saturated carbocycles. The van der Waals surface area contributed by atoms with Gasteiger partial charge in [0.25, 0.3) is 0 Å². The summed E-state index contributed by atoms with van der Waals surface area (Å²) in [7, 11) is 3.11. The summed E-state index contributed by atoms with van der Waals surface area (Å²) in [4.78, 5) is 21.6. The van der Waals surface area contributed by atoms with Gasteiger partial charge in [-0.2, -0.15) is 5.10 Å². The van der Waals surface area contributed by atoms with Crippen LogP contribution in [0.4, 0.5) is 0 Å². The molecule has 0 fully saturated rings. The van der Waals surface area contributed by atoms with Gasteiger partial charge in [0.05, 0.1) is 43.7 Å². The highest BCUT2D eigenvalue weighted by molar-refractivity contribution is 8.00. The van der Waals surface area contributed by atoms with Crippen molar-refractivity contribution < 1.29 is 14.3 Å². The van der Waals surface area contributed by atoms with Crippen molar-refractivity contribution in [1.82, 2.24) is 19.7 Å². The molecule has 0 aliphatic heterocycles. The largest absolute Gasteiger partial charge is 0.497 e. The monoisotopic (exact) mass is 420 g/mol. The van der Waals surface area contributed by atoms with E-state index in [1.54, 1.807) is 38.6 Å². The zero-order valence-corrected chi connectivity index (χ0v) is 17.4. The number of ketones is 1. The Hall–Kier alpha value is -3.39. The summed E-state index contributed by atoms with van der Waals surface area (Å²) in [5.41, 5.74) is 2.35. The number of benzene rings is 2. The van der Waals surface area contributed by atoms with Crippen molar-refractivity contribution in [1.29, 1.82) is 0 Å². The summed E-state index contributed by atoms with van der Waals surface area (Å²) in [5.74, 6) is 1.26. The number of aromatic nitrogens is 4. The molecule has 0 aliphatic rings. The molecular formula is C22H20N4O3S. The number of hydrogen-bond donors (Lipinski definition) is 0. The van der Waals surface area contributed by atoms with Crippen LogP contribution in [0, 0.1) is 0 Å². The number of rotatable bonds is 8. The first kappa shape index (κ1) is 19.9. The van der Waals surface area contributed by atoms with E-state index in [-0.39, 0.29) is 11.5 Å². The first-order chi connectivity index (χ1) is 14.7. The Morgan fingerprint density at radius 2 is 1.90 bits per heavy atom. The third-order valence-electron chi connectivity index (χ3n) is 4.62. The highest BCUT2D eigenvalue weighted by Crippen LogP contribution is 2.29. The molecule has 30 heavy (non-hydrogen) atoms. The van der Waals surface area contributed by atoms with Gasteiger partial charge in [-0.25, -0.2) is 14.6 Å². The minimum atomic E-state index is -0.0702. The minimum absolute atomic E-state index is 0.0702. The van der Waals surface area contributed by atoms with Gasteiger partial charge in [0, 0.05) is 0 Å². The number of thioether (sulfide) groups is 1. The van der Waals surface area contributed by atoms with Crippen molar-refractivity contribution in [2.75, 3.05) is 20.0 Å². The Kier molecular flexibility index (Phi) is 5.94. The second-order valence-electron chi connectivity index (χ2n) is 6.48. The Morgan fingerprint density at radius 1 is 1.07 bits per heavy atom. The van der Waals surface area contributed by atoms with Crippen LogP contribution in [0.25, 0.3) is 11.0 Å². The van der Waals surface area contributed by atoms with Gasteiger partial charge in [-0.1, -0.05) is 42.1 Å². The number of ether oxygens (including phenoxy) is 2. The van der Waals surface area contributed by atoms with Crippen molar-refractivity contribution in [2.45, 2.75) is 11.6 Å². The van der Waals surface area contributed by atoms with Crippen molar-refractivity contribution in [2.24, 2.45) is 0 Å². The first-order valence-electron chi connectivity index (χ1n) is 9.28. The molecule has 0 saturated heterocycles. The standard InChI is InChI=1S/C22H20N4O3S/c1-28-16-8-9-20(29-2)17(10-16)19(27)13-30-22-18-11-25-26(21(18)23-14-24-22)12-15-6-4-3-5-7-15/h3-11,14H,12-13H2,1-2H3. The minimum Gasteiger partial charge on any atom is -0.497 e. The predicted octanol–water partition coefficient (Wildman–Crippen LogP) is 3.87. The molecule has 0 aliphatic carbocycles. The topological polar surface area (TPSA) is 79.1 Å². The molecule has 0 radical (unpaired) electrons. The number of nitrogens with zero attached hydrogens (tertiary/aromatic N) is 4. The maximum absolute atomic E-state index is 12.8. The summed E-state index contributed by atoms with van der Waals surface area (Å²) in [6, 6.07) is 15.2. The molecule has 2 heterocycles. The Balaban J connectivity index is 1.54. The molecule has 0 amide bonds. The van der Waals surface area contributed by atoms with Gasteiger partial charge in [-0.3, -0.25) is 4.79 Å². The van der Waals surface area contributed by atoms with Gasteiger partial charge in [-0.05, 0) is 23.8 Å². The van der Waals surface area contributed by atoms with E-state index in [9.17, 15) is 4.79 Å². The second-order valence-corrected chi connectivity index (χ2v) is 7.45. The highest BCUT2D eigenvalue weighted by atomic mass is 32.2. The smallest absolute Gasteiger partial charge is 0.176 e. The molecule has 7 nitrogen and oxygen atoms in total. The van der Waals surface area contributed by atoms with E-state index in [1.807, 2.05) is 35.0 Å². The van der Waals surface area contributed by atoms with Crippen LogP contribution in [0.15, 0.2) is 66.1 Å². The van der Waals surface area contributed by atoms with Crippen molar-refractivity contribution in [3.8, 4) is 11.5 Å². The summed E-state index contributed by atoms with van der Waals surface area (Å²) in [5, 5.41) is 6.01. The summed E-state index contributed by atoms with van der Waals surface area (Å²) in [6.07, 6.45) is 3.25. The van der Waals surface area contributed by atoms with E-state index in [2.05, 4.69) is 15.1 Å². The quantitative estimate of drug-likeness (QED) is 0.243. The number of carbonyl (C=O) groups excluding carboxylic acids is 1. The summed E-state index contributed by atoms with van der Waals surface area (Å²) < 4.78 is 12.4. The van der Waals surface area contributed by atoms with Gasteiger partial charge in [0.15, 0.2) is 11.4 Å². The molecule has 8 heteroatoms. The van der Waals surface area contributed by atoms with Crippen molar-refractivity contribution >= 4 is 28.6 Å². The fourth-order valence-corrected chi connectivity index (χ4v) is 3.95. The lowest BCUT2D eigenvalue weighted by Crippen LogP contribution is -2.06. The van der Waals surface area contributed by atoms with Crippen molar-refractivity contribution in [3.05, 3.63) is 72.2 Å². The second kappa shape index (κ2) is 8.96. The Morgan fingerprint density at radius 3 is 2.67 bits per heavy atom. The van der Waals surface area contributed by atoms with Crippen LogP contribution in [-0.2, 0) is 6.54 Å². The Labute approximate surface area is 178 Å².